The van der Waals surface area contributed by atoms with Crippen LogP contribution in [0.5, 0.6) is 0 Å². The summed E-state index contributed by atoms with van der Waals surface area (Å²) in [5, 5.41) is 1.57. The Balaban J connectivity index is 1.91. The van der Waals surface area contributed by atoms with E-state index >= 15 is 0 Å². The normalized spacial score (nSPS) is 21.8. The fraction of sp³-hybridized carbons (Fsp3) is 0.320. The van der Waals surface area contributed by atoms with Crippen molar-refractivity contribution in [1.82, 2.24) is 5.32 Å². The summed E-state index contributed by atoms with van der Waals surface area (Å²) in [4.78, 5) is 40.3. The number of benzene rings is 2. The van der Waals surface area contributed by atoms with E-state index in [2.05, 4.69) is 0 Å². The first-order valence-electron chi connectivity index (χ1n) is 10.9. The van der Waals surface area contributed by atoms with Gasteiger partial charge in [-0.05, 0) is 54.3 Å². The molecule has 0 saturated heterocycles. The van der Waals surface area contributed by atoms with E-state index in [4.69, 9.17) is 0 Å². The van der Waals surface area contributed by atoms with Gasteiger partial charge >= 0.3 is 12.4 Å². The lowest BCUT2D eigenvalue weighted by atomic mass is 9.72. The summed E-state index contributed by atoms with van der Waals surface area (Å²) in [6, 6.07) is 6.57. The average Bonchev–Trinajstić information content (AvgIpc) is 3.01. The molecule has 4 rings (SSSR count). The second kappa shape index (κ2) is 8.42. The number of hydrogen-bond donors (Lipinski definition) is 1. The van der Waals surface area contributed by atoms with Gasteiger partial charge in [-0.3, -0.25) is 19.3 Å². The van der Waals surface area contributed by atoms with E-state index in [9.17, 15) is 45.1 Å². The molecule has 2 aliphatic rings. The minimum absolute atomic E-state index is 0.172. The highest BCUT2D eigenvalue weighted by atomic mass is 19.4. The van der Waals surface area contributed by atoms with Gasteiger partial charge in [-0.15, -0.1) is 0 Å². The fourth-order valence-electron chi connectivity index (χ4n) is 4.69. The number of nitrogens with one attached hydrogen (secondary N) is 1. The Hall–Kier alpha value is -3.70. The second-order valence-corrected chi connectivity index (χ2v) is 9.66. The molecule has 0 fully saturated rings. The number of Topliss-reactive ketones (excluding diaryl/α,β-unsaturated/α-hetero) is 1. The largest absolute Gasteiger partial charge is 0.425 e. The third kappa shape index (κ3) is 4.38. The van der Waals surface area contributed by atoms with Crippen molar-refractivity contribution in [2.45, 2.75) is 44.6 Å². The van der Waals surface area contributed by atoms with Gasteiger partial charge in [-0.1, -0.05) is 19.9 Å². The first kappa shape index (κ1) is 26.4. The monoisotopic (exact) mass is 528 g/mol. The number of anilines is 1. The van der Waals surface area contributed by atoms with Gasteiger partial charge in [0, 0.05) is 23.4 Å². The highest BCUT2D eigenvalue weighted by molar-refractivity contribution is 6.21. The summed E-state index contributed by atoms with van der Waals surface area (Å²) in [6.07, 6.45) is -11.0. The molecule has 2 amide bonds. The van der Waals surface area contributed by atoms with Gasteiger partial charge in [0.15, 0.2) is 5.78 Å². The van der Waals surface area contributed by atoms with Gasteiger partial charge in [0.25, 0.3) is 11.8 Å². The Kier molecular flexibility index (Phi) is 6.00. The first-order valence-corrected chi connectivity index (χ1v) is 10.9. The van der Waals surface area contributed by atoms with E-state index in [1.807, 2.05) is 0 Å². The van der Waals surface area contributed by atoms with Gasteiger partial charge in [-0.2, -0.15) is 26.3 Å². The number of ketones is 1. The van der Waals surface area contributed by atoms with Gasteiger partial charge in [-0.25, -0.2) is 4.39 Å². The van der Waals surface area contributed by atoms with Crippen LogP contribution in [-0.2, 0) is 15.8 Å². The Morgan fingerprint density at radius 3 is 2.14 bits per heavy atom. The van der Waals surface area contributed by atoms with Crippen molar-refractivity contribution < 1.29 is 45.1 Å². The lowest BCUT2D eigenvalue weighted by Gasteiger charge is -2.35. The molecule has 0 radical (unpaired) electrons. The minimum Gasteiger partial charge on any atom is -0.326 e. The van der Waals surface area contributed by atoms with E-state index in [0.717, 1.165) is 36.4 Å². The number of carbonyl (C=O) groups is 3. The molecular formula is C25H19F7N2O3. The topological polar surface area (TPSA) is 66.5 Å². The molecule has 0 aromatic heterocycles. The van der Waals surface area contributed by atoms with Gasteiger partial charge in [0.05, 0.1) is 11.1 Å². The zero-order chi connectivity index (χ0) is 27.6. The number of carbonyl (C=O) groups excluding carboxylic acids is 3. The molecular weight excluding hydrogens is 509 g/mol. The maximum absolute atomic E-state index is 14.8. The van der Waals surface area contributed by atoms with Crippen molar-refractivity contribution in [3.63, 3.8) is 0 Å². The van der Waals surface area contributed by atoms with Crippen molar-refractivity contribution in [2.24, 2.45) is 5.41 Å². The predicted octanol–water partition coefficient (Wildman–Crippen LogP) is 5.57. The van der Waals surface area contributed by atoms with Crippen LogP contribution in [0, 0.1) is 11.2 Å². The van der Waals surface area contributed by atoms with E-state index in [-0.39, 0.29) is 24.2 Å². The Labute approximate surface area is 205 Å². The molecule has 1 aliphatic carbocycles. The van der Waals surface area contributed by atoms with E-state index < -0.39 is 63.4 Å². The summed E-state index contributed by atoms with van der Waals surface area (Å²) in [6.45, 7) is 3.22. The van der Waals surface area contributed by atoms with Gasteiger partial charge in [0.2, 0.25) is 5.54 Å². The highest BCUT2D eigenvalue weighted by Gasteiger charge is 2.72. The van der Waals surface area contributed by atoms with E-state index in [1.165, 1.54) is 0 Å². The standard InChI is InChI=1S/C25H19F7N2O3/c1-22(2)11-17-19(18(35)12-22)23(25(30,31)32,21(37)34(17)16-8-6-15(26)7-9-16)33-20(36)13-4-3-5-14(10-13)24(27,28)29/h3-10H,11-12H2,1-2H3,(H,33,36)/t23-/m1/s1. The van der Waals surface area contributed by atoms with Crippen LogP contribution in [0.3, 0.4) is 0 Å². The van der Waals surface area contributed by atoms with E-state index in [1.54, 1.807) is 19.2 Å². The number of halogens is 7. The zero-order valence-corrected chi connectivity index (χ0v) is 19.4. The Morgan fingerprint density at radius 1 is 0.946 bits per heavy atom. The molecule has 37 heavy (non-hydrogen) atoms. The Bertz CT molecular complexity index is 1330. The van der Waals surface area contributed by atoms with Crippen molar-refractivity contribution in [1.29, 1.82) is 0 Å². The molecule has 196 valence electrons. The van der Waals surface area contributed by atoms with Crippen molar-refractivity contribution in [3.05, 3.63) is 76.7 Å². The quantitative estimate of drug-likeness (QED) is 0.531. The van der Waals surface area contributed by atoms with Crippen LogP contribution in [-0.4, -0.2) is 29.3 Å². The minimum atomic E-state index is -5.56. The molecule has 1 atom stereocenters. The number of rotatable bonds is 3. The molecule has 12 heteroatoms. The molecule has 0 unspecified atom stereocenters. The maximum atomic E-state index is 14.8. The summed E-state index contributed by atoms with van der Waals surface area (Å²) < 4.78 is 97.3. The molecule has 2 aromatic carbocycles. The van der Waals surface area contributed by atoms with Crippen LogP contribution >= 0.6 is 0 Å². The summed E-state index contributed by atoms with van der Waals surface area (Å²) in [5.74, 6) is -5.17. The lowest BCUT2D eigenvalue weighted by Crippen LogP contribution is -2.66. The zero-order valence-electron chi connectivity index (χ0n) is 19.4. The summed E-state index contributed by atoms with van der Waals surface area (Å²) in [5.41, 5.74) is -8.31. The number of hydrogen-bond acceptors (Lipinski definition) is 3. The number of nitrogens with zero attached hydrogens (tertiary/aromatic N) is 1. The number of amides is 2. The molecule has 0 spiro atoms. The third-order valence-corrected chi connectivity index (χ3v) is 6.28. The molecule has 5 nitrogen and oxygen atoms in total. The number of alkyl halides is 6. The number of allylic oxidation sites excluding steroid dienone is 1. The van der Waals surface area contributed by atoms with Crippen LogP contribution in [0.25, 0.3) is 0 Å². The summed E-state index contributed by atoms with van der Waals surface area (Å²) >= 11 is 0. The molecule has 0 saturated carbocycles. The van der Waals surface area contributed by atoms with Crippen molar-refractivity contribution >= 4 is 23.3 Å². The fourth-order valence-corrected chi connectivity index (χ4v) is 4.69. The SMILES string of the molecule is CC1(C)CC(=O)C2=C(C1)N(c1ccc(F)cc1)C(=O)[C@@]2(NC(=O)c1cccc(C(F)(F)F)c1)C(F)(F)F. The summed E-state index contributed by atoms with van der Waals surface area (Å²) in [7, 11) is 0. The van der Waals surface area contributed by atoms with Crippen LogP contribution in [0.2, 0.25) is 0 Å². The maximum Gasteiger partial charge on any atom is 0.425 e. The van der Waals surface area contributed by atoms with Crippen LogP contribution < -0.4 is 10.2 Å². The average molecular weight is 528 g/mol. The predicted molar refractivity (Wildman–Crippen MR) is 117 cm³/mol. The molecule has 1 N–H and O–H groups in total. The van der Waals surface area contributed by atoms with Crippen LogP contribution in [0.4, 0.5) is 36.4 Å². The van der Waals surface area contributed by atoms with E-state index in [0.29, 0.717) is 17.0 Å². The van der Waals surface area contributed by atoms with Crippen LogP contribution in [0.1, 0.15) is 42.6 Å². The van der Waals surface area contributed by atoms with Crippen molar-refractivity contribution in [2.75, 3.05) is 4.90 Å². The van der Waals surface area contributed by atoms with Crippen LogP contribution in [0.15, 0.2) is 59.8 Å². The van der Waals surface area contributed by atoms with Gasteiger partial charge in [0.1, 0.15) is 5.82 Å². The molecule has 1 heterocycles. The first-order chi connectivity index (χ1) is 17.0. The Morgan fingerprint density at radius 2 is 1.57 bits per heavy atom. The molecule has 0 bridgehead atoms. The van der Waals surface area contributed by atoms with Gasteiger partial charge < -0.3 is 5.32 Å². The van der Waals surface area contributed by atoms with Crippen molar-refractivity contribution in [3.8, 4) is 0 Å². The smallest absolute Gasteiger partial charge is 0.326 e. The highest BCUT2D eigenvalue weighted by Crippen LogP contribution is 2.52. The molecule has 2 aromatic rings. The molecule has 1 aliphatic heterocycles. The third-order valence-electron chi connectivity index (χ3n) is 6.28. The lowest BCUT2D eigenvalue weighted by molar-refractivity contribution is -0.186. The second-order valence-electron chi connectivity index (χ2n) is 9.66.